The fraction of sp³-hybridized carbons (Fsp3) is 0.417. The minimum Gasteiger partial charge on any atom is -0.378 e. The maximum atomic E-state index is 13.2. The maximum Gasteiger partial charge on any atom is 0.254 e. The molecular formula is C12H13BFNO2. The molecule has 0 bridgehead atoms. The average Bonchev–Trinajstić information content (AvgIpc) is 2.39. The number of carbonyl (C=O) groups is 1. The minimum atomic E-state index is -0.418. The van der Waals surface area contributed by atoms with Crippen LogP contribution in [0.15, 0.2) is 18.2 Å². The Balaban J connectivity index is 2.25. The van der Waals surface area contributed by atoms with E-state index in [-0.39, 0.29) is 12.2 Å². The minimum absolute atomic E-state index is 0.173. The number of ether oxygens (including phenoxy) is 1. The normalized spacial score (nSPS) is 15.9. The SMILES string of the molecule is [B]Cc1ccc(F)cc1C(=O)N1CCOCC1. The van der Waals surface area contributed by atoms with Crippen molar-refractivity contribution in [3.63, 3.8) is 0 Å². The third-order valence-electron chi connectivity index (χ3n) is 2.82. The van der Waals surface area contributed by atoms with E-state index >= 15 is 0 Å². The quantitative estimate of drug-likeness (QED) is 0.712. The van der Waals surface area contributed by atoms with Gasteiger partial charge in [-0.25, -0.2) is 4.39 Å². The lowest BCUT2D eigenvalue weighted by Crippen LogP contribution is -2.41. The van der Waals surface area contributed by atoms with Crippen LogP contribution in [0, 0.1) is 5.82 Å². The highest BCUT2D eigenvalue weighted by Gasteiger charge is 2.20. The number of rotatable bonds is 2. The molecule has 3 nitrogen and oxygen atoms in total. The Labute approximate surface area is 101 Å². The van der Waals surface area contributed by atoms with Gasteiger partial charge in [0, 0.05) is 18.7 Å². The van der Waals surface area contributed by atoms with Gasteiger partial charge in [-0.1, -0.05) is 12.4 Å². The molecule has 0 atom stereocenters. The summed E-state index contributed by atoms with van der Waals surface area (Å²) in [5.41, 5.74) is 1.03. The molecule has 1 saturated heterocycles. The molecule has 17 heavy (non-hydrogen) atoms. The first-order valence-corrected chi connectivity index (χ1v) is 5.58. The van der Waals surface area contributed by atoms with Crippen molar-refractivity contribution in [2.24, 2.45) is 0 Å². The lowest BCUT2D eigenvalue weighted by atomic mass is 9.92. The molecule has 2 rings (SSSR count). The number of hydrogen-bond acceptors (Lipinski definition) is 2. The summed E-state index contributed by atoms with van der Waals surface area (Å²) in [5.74, 6) is -0.591. The van der Waals surface area contributed by atoms with Crippen molar-refractivity contribution in [1.82, 2.24) is 4.90 Å². The number of morpholine rings is 1. The van der Waals surface area contributed by atoms with Crippen LogP contribution in [0.3, 0.4) is 0 Å². The van der Waals surface area contributed by atoms with Gasteiger partial charge in [-0.3, -0.25) is 4.79 Å². The van der Waals surface area contributed by atoms with Gasteiger partial charge in [0.15, 0.2) is 0 Å². The van der Waals surface area contributed by atoms with Crippen molar-refractivity contribution >= 4 is 13.8 Å². The fourth-order valence-electron chi connectivity index (χ4n) is 1.86. The predicted molar refractivity (Wildman–Crippen MR) is 62.6 cm³/mol. The third-order valence-corrected chi connectivity index (χ3v) is 2.82. The number of hydrogen-bond donors (Lipinski definition) is 0. The Morgan fingerprint density at radius 3 is 2.76 bits per heavy atom. The molecule has 88 valence electrons. The van der Waals surface area contributed by atoms with Gasteiger partial charge < -0.3 is 9.64 Å². The van der Waals surface area contributed by atoms with Crippen LogP contribution in [0.4, 0.5) is 4.39 Å². The van der Waals surface area contributed by atoms with Crippen molar-refractivity contribution in [3.8, 4) is 0 Å². The second-order valence-electron chi connectivity index (χ2n) is 3.91. The summed E-state index contributed by atoms with van der Waals surface area (Å²) < 4.78 is 18.3. The summed E-state index contributed by atoms with van der Waals surface area (Å²) >= 11 is 0. The van der Waals surface area contributed by atoms with Crippen molar-refractivity contribution in [2.45, 2.75) is 6.32 Å². The van der Waals surface area contributed by atoms with E-state index < -0.39 is 5.82 Å². The lowest BCUT2D eigenvalue weighted by molar-refractivity contribution is 0.0302. The molecule has 1 aliphatic heterocycles. The van der Waals surface area contributed by atoms with Crippen LogP contribution in [0.1, 0.15) is 15.9 Å². The van der Waals surface area contributed by atoms with E-state index in [0.717, 1.165) is 0 Å². The van der Waals surface area contributed by atoms with Crippen molar-refractivity contribution in [1.29, 1.82) is 0 Å². The van der Waals surface area contributed by atoms with E-state index in [0.29, 0.717) is 37.4 Å². The first-order chi connectivity index (χ1) is 8.22. The van der Waals surface area contributed by atoms with Crippen LogP contribution in [0.25, 0.3) is 0 Å². The predicted octanol–water partition coefficient (Wildman–Crippen LogP) is 0.967. The van der Waals surface area contributed by atoms with E-state index in [2.05, 4.69) is 0 Å². The molecule has 1 aliphatic rings. The molecular weight excluding hydrogens is 220 g/mol. The number of amides is 1. The van der Waals surface area contributed by atoms with E-state index in [4.69, 9.17) is 12.6 Å². The van der Waals surface area contributed by atoms with Crippen molar-refractivity contribution in [3.05, 3.63) is 35.1 Å². The van der Waals surface area contributed by atoms with Gasteiger partial charge in [-0.15, -0.1) is 0 Å². The van der Waals surface area contributed by atoms with Gasteiger partial charge in [0.2, 0.25) is 0 Å². The zero-order chi connectivity index (χ0) is 12.3. The second kappa shape index (κ2) is 5.32. The summed E-state index contributed by atoms with van der Waals surface area (Å²) in [5, 5.41) is 0. The van der Waals surface area contributed by atoms with E-state index in [1.165, 1.54) is 12.1 Å². The van der Waals surface area contributed by atoms with E-state index in [1.807, 2.05) is 0 Å². The van der Waals surface area contributed by atoms with Crippen molar-refractivity contribution < 1.29 is 13.9 Å². The molecule has 0 aromatic heterocycles. The van der Waals surface area contributed by atoms with Gasteiger partial charge >= 0.3 is 0 Å². The number of halogens is 1. The molecule has 1 fully saturated rings. The summed E-state index contributed by atoms with van der Waals surface area (Å²) in [6.07, 6.45) is 0.228. The Bertz CT molecular complexity index is 419. The van der Waals surface area contributed by atoms with Crippen LogP contribution in [0.2, 0.25) is 0 Å². The smallest absolute Gasteiger partial charge is 0.254 e. The molecule has 2 radical (unpaired) electrons. The average molecular weight is 233 g/mol. The second-order valence-corrected chi connectivity index (χ2v) is 3.91. The monoisotopic (exact) mass is 233 g/mol. The summed E-state index contributed by atoms with van der Waals surface area (Å²) in [6.45, 7) is 2.14. The molecule has 0 unspecified atom stereocenters. The Morgan fingerprint density at radius 2 is 2.12 bits per heavy atom. The molecule has 0 spiro atoms. The molecule has 1 aromatic rings. The summed E-state index contributed by atoms with van der Waals surface area (Å²) in [4.78, 5) is 13.8. The molecule has 1 aromatic carbocycles. The first-order valence-electron chi connectivity index (χ1n) is 5.58. The number of carbonyl (C=O) groups excluding carboxylic acids is 1. The Morgan fingerprint density at radius 1 is 1.41 bits per heavy atom. The Kier molecular flexibility index (Phi) is 3.79. The highest BCUT2D eigenvalue weighted by atomic mass is 19.1. The first kappa shape index (κ1) is 12.1. The fourth-order valence-corrected chi connectivity index (χ4v) is 1.86. The number of benzene rings is 1. The number of nitrogens with zero attached hydrogens (tertiary/aromatic N) is 1. The summed E-state index contributed by atoms with van der Waals surface area (Å²) in [7, 11) is 5.55. The van der Waals surface area contributed by atoms with Gasteiger partial charge in [-0.05, 0) is 17.7 Å². The van der Waals surface area contributed by atoms with Gasteiger partial charge in [-0.2, -0.15) is 0 Å². The topological polar surface area (TPSA) is 29.5 Å². The van der Waals surface area contributed by atoms with Crippen molar-refractivity contribution in [2.75, 3.05) is 26.3 Å². The highest BCUT2D eigenvalue weighted by molar-refractivity contribution is 6.09. The molecule has 5 heteroatoms. The van der Waals surface area contributed by atoms with Gasteiger partial charge in [0.1, 0.15) is 5.82 Å². The molecule has 1 heterocycles. The van der Waals surface area contributed by atoms with Gasteiger partial charge in [0.05, 0.1) is 21.1 Å². The van der Waals surface area contributed by atoms with Crippen LogP contribution < -0.4 is 0 Å². The molecule has 1 amide bonds. The van der Waals surface area contributed by atoms with E-state index in [9.17, 15) is 9.18 Å². The zero-order valence-corrected chi connectivity index (χ0v) is 9.49. The largest absolute Gasteiger partial charge is 0.378 e. The Hall–Kier alpha value is -1.36. The van der Waals surface area contributed by atoms with Crippen LogP contribution >= 0.6 is 0 Å². The van der Waals surface area contributed by atoms with Crippen LogP contribution in [0.5, 0.6) is 0 Å². The standard InChI is InChI=1S/C12H13BFNO2/c13-8-9-1-2-10(14)7-11(9)12(16)15-3-5-17-6-4-15/h1-2,7H,3-6,8H2. The maximum absolute atomic E-state index is 13.2. The lowest BCUT2D eigenvalue weighted by Gasteiger charge is -2.27. The van der Waals surface area contributed by atoms with Crippen LogP contribution in [-0.2, 0) is 11.1 Å². The highest BCUT2D eigenvalue weighted by Crippen LogP contribution is 2.15. The van der Waals surface area contributed by atoms with E-state index in [1.54, 1.807) is 11.0 Å². The third kappa shape index (κ3) is 2.66. The zero-order valence-electron chi connectivity index (χ0n) is 9.49. The van der Waals surface area contributed by atoms with Crippen LogP contribution in [-0.4, -0.2) is 45.0 Å². The molecule has 0 aliphatic carbocycles. The summed E-state index contributed by atoms with van der Waals surface area (Å²) in [6, 6.07) is 4.13. The molecule has 0 saturated carbocycles. The van der Waals surface area contributed by atoms with Gasteiger partial charge in [0.25, 0.3) is 5.91 Å². The molecule has 0 N–H and O–H groups in total.